The first-order chi connectivity index (χ1) is 17.3. The third-order valence-electron chi connectivity index (χ3n) is 6.29. The van der Waals surface area contributed by atoms with E-state index in [0.717, 1.165) is 28.7 Å². The van der Waals surface area contributed by atoms with Gasteiger partial charge in [-0.2, -0.15) is 4.98 Å². The fourth-order valence-corrected chi connectivity index (χ4v) is 5.27. The highest BCUT2D eigenvalue weighted by atomic mass is 32.2. The molecule has 4 bridgehead atoms. The number of aryl methyl sites for hydroxylation is 2. The van der Waals surface area contributed by atoms with Crippen LogP contribution in [0, 0.1) is 19.3 Å². The summed E-state index contributed by atoms with van der Waals surface area (Å²) in [7, 11) is -4.07. The Morgan fingerprint density at radius 3 is 2.41 bits per heavy atom. The van der Waals surface area contributed by atoms with Gasteiger partial charge >= 0.3 is 0 Å². The Labute approximate surface area is 218 Å². The summed E-state index contributed by atoms with van der Waals surface area (Å²) in [4.78, 5) is 22.0. The number of sulfonamides is 1. The van der Waals surface area contributed by atoms with Gasteiger partial charge in [-0.15, -0.1) is 0 Å². The number of hydrogen-bond donors (Lipinski definition) is 2. The Morgan fingerprint density at radius 1 is 1.05 bits per heavy atom. The molecule has 0 unspecified atom stereocenters. The van der Waals surface area contributed by atoms with Crippen LogP contribution in [0.2, 0.25) is 0 Å². The van der Waals surface area contributed by atoms with Gasteiger partial charge in [-0.25, -0.2) is 18.1 Å². The first-order valence-electron chi connectivity index (χ1n) is 12.4. The minimum Gasteiger partial charge on any atom is -0.475 e. The highest BCUT2D eigenvalue weighted by molar-refractivity contribution is 7.92. The number of carbonyl (C=O) groups excluding carboxylic acids is 1. The third kappa shape index (κ3) is 6.10. The van der Waals surface area contributed by atoms with Crippen molar-refractivity contribution in [2.24, 2.45) is 5.41 Å². The van der Waals surface area contributed by atoms with E-state index in [4.69, 9.17) is 9.72 Å². The molecule has 0 aliphatic carbocycles. The Kier molecular flexibility index (Phi) is 7.28. The van der Waals surface area contributed by atoms with Gasteiger partial charge in [-0.1, -0.05) is 45.0 Å². The quantitative estimate of drug-likeness (QED) is 0.498. The maximum absolute atomic E-state index is 13.3. The molecule has 9 heteroatoms. The van der Waals surface area contributed by atoms with Crippen molar-refractivity contribution in [1.29, 1.82) is 0 Å². The van der Waals surface area contributed by atoms with Gasteiger partial charge in [-0.05, 0) is 68.4 Å². The van der Waals surface area contributed by atoms with Gasteiger partial charge in [-0.3, -0.25) is 4.79 Å². The molecule has 0 saturated heterocycles. The van der Waals surface area contributed by atoms with Crippen LogP contribution in [0.15, 0.2) is 47.4 Å². The summed E-state index contributed by atoms with van der Waals surface area (Å²) < 4.78 is 35.3. The number of nitrogens with one attached hydrogen (secondary N) is 2. The number of rotatable bonds is 3. The van der Waals surface area contributed by atoms with Crippen molar-refractivity contribution in [3.05, 3.63) is 64.7 Å². The number of carbonyl (C=O) groups is 1. The minimum atomic E-state index is -4.07. The predicted octanol–water partition coefficient (Wildman–Crippen LogP) is 5.05. The molecule has 2 N–H and O–H groups in total. The van der Waals surface area contributed by atoms with Crippen molar-refractivity contribution in [3.63, 3.8) is 0 Å². The van der Waals surface area contributed by atoms with Crippen molar-refractivity contribution in [2.75, 3.05) is 11.3 Å². The van der Waals surface area contributed by atoms with Gasteiger partial charge in [0.05, 0.1) is 16.6 Å². The van der Waals surface area contributed by atoms with E-state index in [2.05, 4.69) is 35.8 Å². The van der Waals surface area contributed by atoms with Crippen LogP contribution in [0.3, 0.4) is 0 Å². The number of nitrogens with zero attached hydrogens (tertiary/aromatic N) is 2. The molecule has 1 aliphatic heterocycles. The summed E-state index contributed by atoms with van der Waals surface area (Å²) >= 11 is 0. The monoisotopic (exact) mass is 522 g/mol. The Bertz CT molecular complexity index is 1420. The third-order valence-corrected chi connectivity index (χ3v) is 7.62. The summed E-state index contributed by atoms with van der Waals surface area (Å²) in [5, 5.41) is 2.88. The van der Waals surface area contributed by atoms with Crippen LogP contribution < -0.4 is 14.8 Å². The van der Waals surface area contributed by atoms with Gasteiger partial charge in [0.15, 0.2) is 0 Å². The lowest BCUT2D eigenvalue weighted by Gasteiger charge is -2.23. The summed E-state index contributed by atoms with van der Waals surface area (Å²) in [6, 6.07) is 11.5. The fraction of sp³-hybridized carbons (Fsp3) is 0.393. The maximum atomic E-state index is 13.3. The van der Waals surface area contributed by atoms with Gasteiger partial charge in [0.2, 0.25) is 11.8 Å². The van der Waals surface area contributed by atoms with E-state index < -0.39 is 10.0 Å². The average molecular weight is 523 g/mol. The van der Waals surface area contributed by atoms with Crippen LogP contribution in [0.5, 0.6) is 5.88 Å². The zero-order valence-electron chi connectivity index (χ0n) is 22.2. The van der Waals surface area contributed by atoms with Gasteiger partial charge in [0.25, 0.3) is 15.9 Å². The highest BCUT2D eigenvalue weighted by Gasteiger charge is 2.26. The molecule has 0 radical (unpaired) electrons. The zero-order valence-corrected chi connectivity index (χ0v) is 23.0. The second kappa shape index (κ2) is 10.1. The molecule has 8 nitrogen and oxygen atoms in total. The van der Waals surface area contributed by atoms with Crippen molar-refractivity contribution < 1.29 is 17.9 Å². The summed E-state index contributed by atoms with van der Waals surface area (Å²) in [5.74, 6) is -0.153. The molecule has 196 valence electrons. The minimum absolute atomic E-state index is 0.0413. The second-order valence-corrected chi connectivity index (χ2v) is 12.5. The Hall–Kier alpha value is -3.46. The normalized spacial score (nSPS) is 17.4. The lowest BCUT2D eigenvalue weighted by atomic mass is 9.87. The lowest BCUT2D eigenvalue weighted by molar-refractivity contribution is 0.0925. The topological polar surface area (TPSA) is 110 Å². The summed E-state index contributed by atoms with van der Waals surface area (Å²) in [6.45, 7) is 12.5. The van der Waals surface area contributed by atoms with Crippen LogP contribution in [-0.2, 0) is 16.4 Å². The Morgan fingerprint density at radius 2 is 1.73 bits per heavy atom. The fourth-order valence-electron chi connectivity index (χ4n) is 4.28. The predicted molar refractivity (Wildman–Crippen MR) is 144 cm³/mol. The van der Waals surface area contributed by atoms with Gasteiger partial charge in [0.1, 0.15) is 6.61 Å². The van der Waals surface area contributed by atoms with Crippen molar-refractivity contribution >= 4 is 21.9 Å². The van der Waals surface area contributed by atoms with E-state index in [1.807, 2.05) is 39.0 Å². The molecular weight excluding hydrogens is 488 g/mol. The molecule has 2 heterocycles. The molecule has 2 aromatic carbocycles. The van der Waals surface area contributed by atoms with Crippen molar-refractivity contribution in [1.82, 2.24) is 15.3 Å². The number of benzene rings is 2. The van der Waals surface area contributed by atoms with Crippen LogP contribution >= 0.6 is 0 Å². The average Bonchev–Trinajstić information content (AvgIpc) is 2.81. The standard InChI is InChI=1S/C28H34N4O4S/c1-17-9-7-10-18(2)23(17)24-22(13-14-28(4,5)6)26-31-27(30-24)32-37(34,35)21-12-8-11-20(15-21)25(33)29-19(3)16-36-26/h7-12,15,19H,13-14,16H2,1-6H3,(H,29,33)(H,30,31,32)/t19-/m1/s1. The van der Waals surface area contributed by atoms with E-state index in [1.165, 1.54) is 18.2 Å². The first kappa shape index (κ1) is 26.6. The van der Waals surface area contributed by atoms with Crippen LogP contribution in [0.4, 0.5) is 5.95 Å². The van der Waals surface area contributed by atoms with Crippen molar-refractivity contribution in [3.8, 4) is 17.1 Å². The van der Waals surface area contributed by atoms with Crippen molar-refractivity contribution in [2.45, 2.75) is 65.3 Å². The number of fused-ring (bicyclic) bond motifs is 4. The molecule has 1 aromatic heterocycles. The molecule has 0 fully saturated rings. The molecule has 0 saturated carbocycles. The molecular formula is C28H34N4O4S. The number of hydrogen-bond acceptors (Lipinski definition) is 6. The summed E-state index contributed by atoms with van der Waals surface area (Å²) in [5.41, 5.74) is 4.69. The Balaban J connectivity index is 1.95. The van der Waals surface area contributed by atoms with Crippen LogP contribution in [-0.4, -0.2) is 36.9 Å². The maximum Gasteiger partial charge on any atom is 0.264 e. The lowest BCUT2D eigenvalue weighted by Crippen LogP contribution is -2.37. The summed E-state index contributed by atoms with van der Waals surface area (Å²) in [6.07, 6.45) is 1.48. The molecule has 4 rings (SSSR count). The molecule has 1 amide bonds. The SMILES string of the molecule is Cc1cccc(C)c1-c1nc2nc(c1CCC(C)(C)C)OC[C@@H](C)NC(=O)c1cccc(c1)S(=O)(=O)N2. The molecule has 1 aliphatic rings. The number of aromatic nitrogens is 2. The number of ether oxygens (including phenoxy) is 1. The number of anilines is 1. The van der Waals surface area contributed by atoms with E-state index in [0.29, 0.717) is 18.0 Å². The second-order valence-electron chi connectivity index (χ2n) is 10.8. The zero-order chi connectivity index (χ0) is 27.0. The van der Waals surface area contributed by atoms with E-state index in [9.17, 15) is 13.2 Å². The smallest absolute Gasteiger partial charge is 0.264 e. The van der Waals surface area contributed by atoms with Crippen LogP contribution in [0.1, 0.15) is 61.2 Å². The number of amides is 1. The van der Waals surface area contributed by atoms with E-state index >= 15 is 0 Å². The molecule has 0 spiro atoms. The van der Waals surface area contributed by atoms with Gasteiger partial charge in [0, 0.05) is 16.7 Å². The van der Waals surface area contributed by atoms with Crippen LogP contribution in [0.25, 0.3) is 11.3 Å². The molecule has 37 heavy (non-hydrogen) atoms. The van der Waals surface area contributed by atoms with Gasteiger partial charge < -0.3 is 10.1 Å². The first-order valence-corrected chi connectivity index (χ1v) is 13.9. The molecule has 3 aromatic rings. The largest absolute Gasteiger partial charge is 0.475 e. The van der Waals surface area contributed by atoms with E-state index in [1.54, 1.807) is 6.07 Å². The highest BCUT2D eigenvalue weighted by Crippen LogP contribution is 2.36. The van der Waals surface area contributed by atoms with E-state index in [-0.39, 0.29) is 40.4 Å². The molecule has 1 atom stereocenters.